The zero-order chi connectivity index (χ0) is 27.3. The van der Waals surface area contributed by atoms with Gasteiger partial charge in [0.2, 0.25) is 0 Å². The minimum atomic E-state index is -0.606. The van der Waals surface area contributed by atoms with Crippen LogP contribution >= 0.6 is 23.1 Å². The normalized spacial score (nSPS) is 19.0. The van der Waals surface area contributed by atoms with Crippen molar-refractivity contribution in [2.24, 2.45) is 0 Å². The van der Waals surface area contributed by atoms with Gasteiger partial charge >= 0.3 is 0 Å². The van der Waals surface area contributed by atoms with Crippen molar-refractivity contribution in [3.05, 3.63) is 125 Å². The first kappa shape index (κ1) is 26.7. The first-order chi connectivity index (χ1) is 19.6. The number of anilines is 1. The highest BCUT2D eigenvalue weighted by Gasteiger charge is 2.32. The summed E-state index contributed by atoms with van der Waals surface area (Å²) in [6, 6.07) is 32.8. The Hall–Kier alpha value is -3.53. The SMILES string of the molecule is O=C(Nc1cccc([C@H]2O[C@@H](CSc3nc4ccccc4s3)C[C@@H](c3ccc(CO)cc3)O2)c1)c1ccccc1. The third-order valence-electron chi connectivity index (χ3n) is 6.73. The molecule has 1 saturated heterocycles. The van der Waals surface area contributed by atoms with Crippen LogP contribution in [0.2, 0.25) is 0 Å². The summed E-state index contributed by atoms with van der Waals surface area (Å²) in [5.74, 6) is 0.560. The van der Waals surface area contributed by atoms with E-state index in [0.717, 1.165) is 32.3 Å². The van der Waals surface area contributed by atoms with Crippen LogP contribution < -0.4 is 5.32 Å². The van der Waals surface area contributed by atoms with Crippen molar-refractivity contribution < 1.29 is 19.4 Å². The lowest BCUT2D eigenvalue weighted by atomic mass is 10.0. The Kier molecular flexibility index (Phi) is 8.22. The molecule has 1 aromatic heterocycles. The van der Waals surface area contributed by atoms with Crippen LogP contribution in [0.3, 0.4) is 0 Å². The molecule has 0 spiro atoms. The number of nitrogens with one attached hydrogen (secondary N) is 1. The number of amides is 1. The van der Waals surface area contributed by atoms with Gasteiger partial charge in [-0.15, -0.1) is 11.3 Å². The van der Waals surface area contributed by atoms with Gasteiger partial charge in [0.1, 0.15) is 0 Å². The first-order valence-electron chi connectivity index (χ1n) is 13.1. The standard InChI is InChI=1S/C32H28N2O4S2/c35-19-21-13-15-22(16-14-21)28-18-26(20-39-32-34-27-11-4-5-12-29(27)40-32)37-31(38-28)24-9-6-10-25(17-24)33-30(36)23-7-2-1-3-8-23/h1-17,26,28,31,35H,18-20H2,(H,33,36)/t26-,28+,31+/m1/s1. The van der Waals surface area contributed by atoms with Gasteiger partial charge in [-0.1, -0.05) is 78.5 Å². The van der Waals surface area contributed by atoms with E-state index in [0.29, 0.717) is 17.7 Å². The van der Waals surface area contributed by atoms with Crippen LogP contribution in [0.15, 0.2) is 107 Å². The van der Waals surface area contributed by atoms with Crippen LogP contribution in [0, 0.1) is 0 Å². The number of benzene rings is 4. The van der Waals surface area contributed by atoms with Crippen molar-refractivity contribution in [3.8, 4) is 0 Å². The average molecular weight is 569 g/mol. The Morgan fingerprint density at radius 2 is 1.73 bits per heavy atom. The van der Waals surface area contributed by atoms with Gasteiger partial charge in [0.15, 0.2) is 10.6 Å². The molecular formula is C32H28N2O4S2. The molecule has 0 radical (unpaired) electrons. The van der Waals surface area contributed by atoms with E-state index in [-0.39, 0.29) is 24.7 Å². The topological polar surface area (TPSA) is 80.7 Å². The van der Waals surface area contributed by atoms with Gasteiger partial charge in [0.25, 0.3) is 5.91 Å². The summed E-state index contributed by atoms with van der Waals surface area (Å²) in [4.78, 5) is 17.5. The molecule has 1 aliphatic heterocycles. The summed E-state index contributed by atoms with van der Waals surface area (Å²) < 4.78 is 15.2. The summed E-state index contributed by atoms with van der Waals surface area (Å²) in [6.07, 6.45) is -0.182. The van der Waals surface area contributed by atoms with E-state index in [1.54, 1.807) is 35.2 Å². The summed E-state index contributed by atoms with van der Waals surface area (Å²) in [5, 5.41) is 12.5. The Balaban J connectivity index is 1.21. The van der Waals surface area contributed by atoms with Crippen molar-refractivity contribution in [2.75, 3.05) is 11.1 Å². The second-order valence-electron chi connectivity index (χ2n) is 9.55. The largest absolute Gasteiger partial charge is 0.392 e. The second kappa shape index (κ2) is 12.3. The predicted molar refractivity (Wildman–Crippen MR) is 160 cm³/mol. The lowest BCUT2D eigenvalue weighted by molar-refractivity contribution is -0.245. The number of carbonyl (C=O) groups is 1. The van der Waals surface area contributed by atoms with Gasteiger partial charge in [-0.3, -0.25) is 4.79 Å². The van der Waals surface area contributed by atoms with Crippen molar-refractivity contribution in [2.45, 2.75) is 35.9 Å². The monoisotopic (exact) mass is 568 g/mol. The molecule has 0 aliphatic carbocycles. The van der Waals surface area contributed by atoms with Crippen LogP contribution in [-0.2, 0) is 16.1 Å². The zero-order valence-electron chi connectivity index (χ0n) is 21.6. The Bertz CT molecular complexity index is 1560. The van der Waals surface area contributed by atoms with Crippen LogP contribution in [0.5, 0.6) is 0 Å². The third-order valence-corrected chi connectivity index (χ3v) is 9.05. The molecule has 8 heteroatoms. The Morgan fingerprint density at radius 1 is 0.925 bits per heavy atom. The summed E-state index contributed by atoms with van der Waals surface area (Å²) in [5.41, 5.74) is 5.01. The van der Waals surface area contributed by atoms with Crippen molar-refractivity contribution in [1.29, 1.82) is 0 Å². The molecule has 1 amide bonds. The van der Waals surface area contributed by atoms with E-state index >= 15 is 0 Å². The van der Waals surface area contributed by atoms with E-state index in [1.807, 2.05) is 84.9 Å². The van der Waals surface area contributed by atoms with Gasteiger partial charge in [0.05, 0.1) is 29.0 Å². The fraction of sp³-hybridized carbons (Fsp3) is 0.188. The number of ether oxygens (including phenoxy) is 2. The molecule has 40 heavy (non-hydrogen) atoms. The number of thiazole rings is 1. The number of thioether (sulfide) groups is 1. The highest BCUT2D eigenvalue weighted by Crippen LogP contribution is 2.40. The summed E-state index contributed by atoms with van der Waals surface area (Å²) in [7, 11) is 0. The van der Waals surface area contributed by atoms with Crippen molar-refractivity contribution >= 4 is 44.9 Å². The smallest absolute Gasteiger partial charge is 0.255 e. The highest BCUT2D eigenvalue weighted by atomic mass is 32.2. The molecule has 202 valence electrons. The van der Waals surface area contributed by atoms with E-state index in [2.05, 4.69) is 11.4 Å². The number of nitrogens with zero attached hydrogens (tertiary/aromatic N) is 1. The van der Waals surface area contributed by atoms with E-state index < -0.39 is 6.29 Å². The molecule has 1 fully saturated rings. The highest BCUT2D eigenvalue weighted by molar-refractivity contribution is 8.01. The molecule has 2 N–H and O–H groups in total. The molecule has 6 rings (SSSR count). The number of rotatable bonds is 8. The minimum Gasteiger partial charge on any atom is -0.392 e. The zero-order valence-corrected chi connectivity index (χ0v) is 23.2. The number of aliphatic hydroxyl groups excluding tert-OH is 1. The number of aliphatic hydroxyl groups is 1. The minimum absolute atomic E-state index is 0.000462. The quantitative estimate of drug-likeness (QED) is 0.190. The van der Waals surface area contributed by atoms with Crippen LogP contribution in [-0.4, -0.2) is 27.9 Å². The van der Waals surface area contributed by atoms with E-state index in [9.17, 15) is 9.90 Å². The molecule has 0 saturated carbocycles. The summed E-state index contributed by atoms with van der Waals surface area (Å²) >= 11 is 3.39. The van der Waals surface area contributed by atoms with Gasteiger partial charge in [-0.25, -0.2) is 4.98 Å². The number of hydrogen-bond acceptors (Lipinski definition) is 7. The molecular weight excluding hydrogens is 540 g/mol. The molecule has 5 aromatic rings. The van der Waals surface area contributed by atoms with Gasteiger partial charge in [-0.05, 0) is 47.5 Å². The maximum atomic E-state index is 12.7. The maximum absolute atomic E-state index is 12.7. The fourth-order valence-corrected chi connectivity index (χ4v) is 6.77. The molecule has 3 atom stereocenters. The number of para-hydroxylation sites is 1. The number of carbonyl (C=O) groups excluding carboxylic acids is 1. The lowest BCUT2D eigenvalue weighted by Crippen LogP contribution is -2.31. The average Bonchev–Trinajstić information content (AvgIpc) is 3.44. The third kappa shape index (κ3) is 6.27. The van der Waals surface area contributed by atoms with Gasteiger partial charge in [-0.2, -0.15) is 0 Å². The second-order valence-corrected chi connectivity index (χ2v) is 11.9. The van der Waals surface area contributed by atoms with E-state index in [4.69, 9.17) is 14.5 Å². The first-order valence-corrected chi connectivity index (χ1v) is 14.9. The fourth-order valence-electron chi connectivity index (χ4n) is 4.66. The predicted octanol–water partition coefficient (Wildman–Crippen LogP) is 7.38. The number of fused-ring (bicyclic) bond motifs is 1. The molecule has 2 heterocycles. The molecule has 0 bridgehead atoms. The van der Waals surface area contributed by atoms with Crippen LogP contribution in [0.4, 0.5) is 5.69 Å². The Labute approximate surface area is 241 Å². The number of aromatic nitrogens is 1. The summed E-state index contributed by atoms with van der Waals surface area (Å²) in [6.45, 7) is 0.000462. The molecule has 0 unspecified atom stereocenters. The van der Waals surface area contributed by atoms with Gasteiger partial charge < -0.3 is 19.9 Å². The van der Waals surface area contributed by atoms with Crippen LogP contribution in [0.1, 0.15) is 45.9 Å². The van der Waals surface area contributed by atoms with Crippen molar-refractivity contribution in [3.63, 3.8) is 0 Å². The maximum Gasteiger partial charge on any atom is 0.255 e. The van der Waals surface area contributed by atoms with E-state index in [1.165, 1.54) is 4.70 Å². The number of hydrogen-bond donors (Lipinski definition) is 2. The molecule has 1 aliphatic rings. The van der Waals surface area contributed by atoms with Gasteiger partial charge in [0, 0.05) is 29.0 Å². The lowest BCUT2D eigenvalue weighted by Gasteiger charge is -2.36. The van der Waals surface area contributed by atoms with Crippen molar-refractivity contribution in [1.82, 2.24) is 4.98 Å². The van der Waals surface area contributed by atoms with Crippen LogP contribution in [0.25, 0.3) is 10.2 Å². The molecule has 4 aromatic carbocycles. The molecule has 6 nitrogen and oxygen atoms in total. The Morgan fingerprint density at radius 3 is 2.52 bits per heavy atom.